The largest absolute Gasteiger partial charge is 0.329 e. The van der Waals surface area contributed by atoms with Crippen molar-refractivity contribution >= 4 is 17.4 Å². The molecule has 1 aliphatic rings. The van der Waals surface area contributed by atoms with Crippen LogP contribution in [0, 0.1) is 0 Å². The van der Waals surface area contributed by atoms with Crippen LogP contribution >= 0.6 is 0 Å². The number of nitrogens with zero attached hydrogens (tertiary/aromatic N) is 2. The molecule has 5 nitrogen and oxygen atoms in total. The van der Waals surface area contributed by atoms with Crippen LogP contribution < -0.4 is 10.6 Å². The number of piperazine rings is 1. The number of carbonyl (C=O) groups is 2. The second kappa shape index (κ2) is 5.50. The number of likely N-dealkylation sites (N-methyl/N-ethyl adjacent to an activating group) is 1. The summed E-state index contributed by atoms with van der Waals surface area (Å²) in [4.78, 5) is 27.2. The minimum absolute atomic E-state index is 0.00111. The predicted molar refractivity (Wildman–Crippen MR) is 74.3 cm³/mol. The summed E-state index contributed by atoms with van der Waals surface area (Å²) < 4.78 is 0. The lowest BCUT2D eigenvalue weighted by Gasteiger charge is -2.38. The molecule has 1 aliphatic heterocycles. The molecule has 0 aromatic heterocycles. The molecule has 5 heteroatoms. The minimum atomic E-state index is -0.00111. The number of ketones is 1. The molecule has 19 heavy (non-hydrogen) atoms. The summed E-state index contributed by atoms with van der Waals surface area (Å²) in [6.45, 7) is 2.94. The maximum atomic E-state index is 12.1. The first kappa shape index (κ1) is 13.7. The zero-order chi connectivity index (χ0) is 14.0. The van der Waals surface area contributed by atoms with Crippen LogP contribution in [0.2, 0.25) is 0 Å². The molecule has 2 rings (SSSR count). The number of Topliss-reactive ketones (excluding diaryl/α,β-unsaturated/α-hetero) is 1. The van der Waals surface area contributed by atoms with Gasteiger partial charge in [0.1, 0.15) is 0 Å². The van der Waals surface area contributed by atoms with Gasteiger partial charge in [-0.15, -0.1) is 0 Å². The predicted octanol–water partition coefficient (Wildman–Crippen LogP) is 0.495. The van der Waals surface area contributed by atoms with Gasteiger partial charge in [0, 0.05) is 30.4 Å². The fourth-order valence-corrected chi connectivity index (χ4v) is 2.28. The molecule has 2 N–H and O–H groups in total. The van der Waals surface area contributed by atoms with Gasteiger partial charge in [-0.2, -0.15) is 0 Å². The van der Waals surface area contributed by atoms with Crippen LogP contribution in [0.5, 0.6) is 0 Å². The summed E-state index contributed by atoms with van der Waals surface area (Å²) >= 11 is 0. The van der Waals surface area contributed by atoms with Crippen LogP contribution in [0.25, 0.3) is 0 Å². The van der Waals surface area contributed by atoms with E-state index in [-0.39, 0.29) is 17.7 Å². The molecule has 102 valence electrons. The number of benzene rings is 1. The Balaban J connectivity index is 2.27. The Bertz CT molecular complexity index is 501. The SMILES string of the molecule is CC(=O)c1cccc(N2CC(CN)N(C)CC2=O)c1. The van der Waals surface area contributed by atoms with Crippen LogP contribution in [-0.4, -0.2) is 49.3 Å². The molecule has 1 amide bonds. The average molecular weight is 261 g/mol. The molecule has 1 fully saturated rings. The quantitative estimate of drug-likeness (QED) is 0.804. The average Bonchev–Trinajstić information content (AvgIpc) is 2.39. The second-order valence-corrected chi connectivity index (χ2v) is 4.92. The van der Waals surface area contributed by atoms with Gasteiger partial charge < -0.3 is 10.6 Å². The monoisotopic (exact) mass is 261 g/mol. The van der Waals surface area contributed by atoms with E-state index in [9.17, 15) is 9.59 Å². The van der Waals surface area contributed by atoms with Crippen LogP contribution in [0.4, 0.5) is 5.69 Å². The number of anilines is 1. The van der Waals surface area contributed by atoms with Crippen LogP contribution in [0.1, 0.15) is 17.3 Å². The van der Waals surface area contributed by atoms with Crippen molar-refractivity contribution in [1.29, 1.82) is 0 Å². The lowest BCUT2D eigenvalue weighted by molar-refractivity contribution is -0.121. The molecule has 0 aliphatic carbocycles. The van der Waals surface area contributed by atoms with E-state index >= 15 is 0 Å². The van der Waals surface area contributed by atoms with Crippen LogP contribution in [0.3, 0.4) is 0 Å². The Morgan fingerprint density at radius 3 is 2.84 bits per heavy atom. The van der Waals surface area contributed by atoms with Gasteiger partial charge in [-0.3, -0.25) is 14.5 Å². The third kappa shape index (κ3) is 2.83. The highest BCUT2D eigenvalue weighted by Crippen LogP contribution is 2.20. The third-order valence-corrected chi connectivity index (χ3v) is 3.54. The van der Waals surface area contributed by atoms with Crippen molar-refractivity contribution in [3.05, 3.63) is 29.8 Å². The van der Waals surface area contributed by atoms with Crippen LogP contribution in [-0.2, 0) is 4.79 Å². The first-order chi connectivity index (χ1) is 9.02. The topological polar surface area (TPSA) is 66.6 Å². The highest BCUT2D eigenvalue weighted by molar-refractivity contribution is 5.99. The summed E-state index contributed by atoms with van der Waals surface area (Å²) in [5, 5.41) is 0. The number of hydrogen-bond acceptors (Lipinski definition) is 4. The zero-order valence-electron chi connectivity index (χ0n) is 11.3. The van der Waals surface area contributed by atoms with Crippen molar-refractivity contribution in [3.8, 4) is 0 Å². The molecular weight excluding hydrogens is 242 g/mol. The highest BCUT2D eigenvalue weighted by atomic mass is 16.2. The molecule has 0 saturated carbocycles. The molecule has 1 saturated heterocycles. The molecule has 0 radical (unpaired) electrons. The van der Waals surface area contributed by atoms with E-state index in [2.05, 4.69) is 0 Å². The van der Waals surface area contributed by atoms with E-state index in [0.29, 0.717) is 25.2 Å². The van der Waals surface area contributed by atoms with E-state index in [4.69, 9.17) is 5.73 Å². The van der Waals surface area contributed by atoms with E-state index in [0.717, 1.165) is 5.69 Å². The maximum Gasteiger partial charge on any atom is 0.241 e. The molecule has 0 spiro atoms. The molecule has 1 atom stereocenters. The van der Waals surface area contributed by atoms with Crippen molar-refractivity contribution < 1.29 is 9.59 Å². The van der Waals surface area contributed by atoms with Crippen LogP contribution in [0.15, 0.2) is 24.3 Å². The fourth-order valence-electron chi connectivity index (χ4n) is 2.28. The summed E-state index contributed by atoms with van der Waals surface area (Å²) in [6.07, 6.45) is 0. The van der Waals surface area contributed by atoms with E-state index in [1.165, 1.54) is 6.92 Å². The lowest BCUT2D eigenvalue weighted by atomic mass is 10.1. The van der Waals surface area contributed by atoms with Crippen molar-refractivity contribution in [2.24, 2.45) is 5.73 Å². The maximum absolute atomic E-state index is 12.1. The first-order valence-corrected chi connectivity index (χ1v) is 6.34. The lowest BCUT2D eigenvalue weighted by Crippen LogP contribution is -2.57. The van der Waals surface area contributed by atoms with Gasteiger partial charge in [-0.25, -0.2) is 0 Å². The number of hydrogen-bond donors (Lipinski definition) is 1. The summed E-state index contributed by atoms with van der Waals surface area (Å²) in [5.74, 6) is 0.0340. The number of carbonyl (C=O) groups excluding carboxylic acids is 2. The number of nitrogens with two attached hydrogens (primary N) is 1. The highest BCUT2D eigenvalue weighted by Gasteiger charge is 2.29. The van der Waals surface area contributed by atoms with E-state index in [1.54, 1.807) is 23.1 Å². The first-order valence-electron chi connectivity index (χ1n) is 6.34. The molecule has 1 heterocycles. The summed E-state index contributed by atoms with van der Waals surface area (Å²) in [5.41, 5.74) is 7.11. The molecule has 1 aromatic carbocycles. The van der Waals surface area contributed by atoms with Gasteiger partial charge in [-0.1, -0.05) is 12.1 Å². The van der Waals surface area contributed by atoms with E-state index in [1.807, 2.05) is 18.0 Å². The number of amides is 1. The minimum Gasteiger partial charge on any atom is -0.329 e. The normalized spacial score (nSPS) is 20.7. The smallest absolute Gasteiger partial charge is 0.241 e. The van der Waals surface area contributed by atoms with Gasteiger partial charge in [0.15, 0.2) is 5.78 Å². The Kier molecular flexibility index (Phi) is 3.97. The third-order valence-electron chi connectivity index (χ3n) is 3.54. The molecule has 0 bridgehead atoms. The molecule has 1 aromatic rings. The van der Waals surface area contributed by atoms with Gasteiger partial charge >= 0.3 is 0 Å². The van der Waals surface area contributed by atoms with E-state index < -0.39 is 0 Å². The molecular formula is C14H19N3O2. The van der Waals surface area contributed by atoms with Crippen molar-refractivity contribution in [2.75, 3.05) is 31.6 Å². The number of rotatable bonds is 3. The standard InChI is InChI=1S/C14H19N3O2/c1-10(18)11-4-3-5-12(6-11)17-8-13(7-15)16(2)9-14(17)19/h3-6,13H,7-9,15H2,1-2H3. The zero-order valence-corrected chi connectivity index (χ0v) is 11.3. The Morgan fingerprint density at radius 1 is 1.47 bits per heavy atom. The molecule has 1 unspecified atom stereocenters. The van der Waals surface area contributed by atoms with Crippen molar-refractivity contribution in [3.63, 3.8) is 0 Å². The summed E-state index contributed by atoms with van der Waals surface area (Å²) in [6, 6.07) is 7.32. The van der Waals surface area contributed by atoms with Crippen molar-refractivity contribution in [2.45, 2.75) is 13.0 Å². The van der Waals surface area contributed by atoms with Gasteiger partial charge in [-0.05, 0) is 26.1 Å². The second-order valence-electron chi connectivity index (χ2n) is 4.92. The van der Waals surface area contributed by atoms with Gasteiger partial charge in [0.25, 0.3) is 0 Å². The van der Waals surface area contributed by atoms with Crippen molar-refractivity contribution in [1.82, 2.24) is 4.90 Å². The Morgan fingerprint density at radius 2 is 2.21 bits per heavy atom. The van der Waals surface area contributed by atoms with Gasteiger partial charge in [0.05, 0.1) is 6.54 Å². The Labute approximate surface area is 113 Å². The Hall–Kier alpha value is -1.72. The van der Waals surface area contributed by atoms with Gasteiger partial charge in [0.2, 0.25) is 5.91 Å². The fraction of sp³-hybridized carbons (Fsp3) is 0.429. The summed E-state index contributed by atoms with van der Waals surface area (Å²) in [7, 11) is 1.90.